The summed E-state index contributed by atoms with van der Waals surface area (Å²) >= 11 is 0. The first kappa shape index (κ1) is 11.8. The largest absolute Gasteiger partial charge is 0.339 e. The Morgan fingerprint density at radius 1 is 1.10 bits per heavy atom. The Morgan fingerprint density at radius 2 is 1.90 bits per heavy atom. The standard InChI is InChI=1S/C15H8FN3O2/c16-8-5-6-12-10(7-8)13(18-21)14-17-11-4-2-1-3-9(11)15(20)19(12)14/h1-7,17H. The monoisotopic (exact) mass is 281 g/mol. The molecule has 1 N–H and O–H groups in total. The van der Waals surface area contributed by atoms with Crippen molar-refractivity contribution >= 4 is 33.1 Å². The summed E-state index contributed by atoms with van der Waals surface area (Å²) in [7, 11) is 0. The molecule has 2 heterocycles. The Morgan fingerprint density at radius 3 is 2.71 bits per heavy atom. The first-order valence-corrected chi connectivity index (χ1v) is 6.29. The molecule has 4 aromatic rings. The van der Waals surface area contributed by atoms with Gasteiger partial charge in [0.2, 0.25) is 0 Å². The van der Waals surface area contributed by atoms with Gasteiger partial charge in [0, 0.05) is 5.39 Å². The zero-order valence-corrected chi connectivity index (χ0v) is 10.6. The van der Waals surface area contributed by atoms with Gasteiger partial charge >= 0.3 is 0 Å². The Kier molecular flexibility index (Phi) is 2.24. The Bertz CT molecular complexity index is 1090. The summed E-state index contributed by atoms with van der Waals surface area (Å²) in [5.74, 6) is -0.486. The van der Waals surface area contributed by atoms with E-state index in [2.05, 4.69) is 10.2 Å². The highest BCUT2D eigenvalue weighted by molar-refractivity contribution is 6.01. The molecule has 2 aromatic carbocycles. The van der Waals surface area contributed by atoms with Gasteiger partial charge in [-0.1, -0.05) is 12.1 Å². The fourth-order valence-electron chi connectivity index (χ4n) is 2.69. The molecule has 0 spiro atoms. The van der Waals surface area contributed by atoms with Crippen molar-refractivity contribution in [3.8, 4) is 0 Å². The summed E-state index contributed by atoms with van der Waals surface area (Å²) in [5.41, 5.74) is 1.09. The molecule has 0 atom stereocenters. The van der Waals surface area contributed by atoms with Gasteiger partial charge in [0.05, 0.1) is 16.4 Å². The van der Waals surface area contributed by atoms with E-state index in [1.807, 2.05) is 0 Å². The maximum atomic E-state index is 13.4. The molecule has 6 heteroatoms. The molecule has 0 fully saturated rings. The van der Waals surface area contributed by atoms with Crippen LogP contribution in [0.4, 0.5) is 10.1 Å². The zero-order valence-electron chi connectivity index (χ0n) is 10.6. The minimum absolute atomic E-state index is 0.0346. The second-order valence-electron chi connectivity index (χ2n) is 4.76. The van der Waals surface area contributed by atoms with Crippen molar-refractivity contribution < 1.29 is 4.39 Å². The average molecular weight is 281 g/mol. The van der Waals surface area contributed by atoms with Gasteiger partial charge in [-0.2, -0.15) is 0 Å². The van der Waals surface area contributed by atoms with Crippen LogP contribution in [0.25, 0.3) is 27.5 Å². The molecule has 0 radical (unpaired) electrons. The summed E-state index contributed by atoms with van der Waals surface area (Å²) in [6, 6.07) is 10.9. The number of aromatic amines is 1. The van der Waals surface area contributed by atoms with Crippen LogP contribution in [-0.4, -0.2) is 9.38 Å². The molecule has 0 bridgehead atoms. The summed E-state index contributed by atoms with van der Waals surface area (Å²) in [5, 5.41) is 3.77. The van der Waals surface area contributed by atoms with Crippen LogP contribution in [0.3, 0.4) is 0 Å². The lowest BCUT2D eigenvalue weighted by Gasteiger charge is -2.01. The normalized spacial score (nSPS) is 11.5. The van der Waals surface area contributed by atoms with Crippen LogP contribution in [0.1, 0.15) is 0 Å². The molecule has 0 unspecified atom stereocenters. The molecule has 0 aliphatic heterocycles. The number of halogens is 1. The Labute approximate surface area is 116 Å². The van der Waals surface area contributed by atoms with Crippen LogP contribution < -0.4 is 5.56 Å². The minimum atomic E-state index is -0.486. The molecular weight excluding hydrogens is 273 g/mol. The van der Waals surface area contributed by atoms with Gasteiger partial charge in [-0.05, 0) is 35.5 Å². The molecular formula is C15H8FN3O2. The summed E-state index contributed by atoms with van der Waals surface area (Å²) in [4.78, 5) is 26.8. The fourth-order valence-corrected chi connectivity index (χ4v) is 2.69. The third-order valence-corrected chi connectivity index (χ3v) is 3.61. The van der Waals surface area contributed by atoms with Gasteiger partial charge in [0.25, 0.3) is 5.56 Å². The number of hydrogen-bond acceptors (Lipinski definition) is 3. The number of fused-ring (bicyclic) bond motifs is 4. The van der Waals surface area contributed by atoms with Crippen molar-refractivity contribution in [2.24, 2.45) is 5.18 Å². The van der Waals surface area contributed by atoms with E-state index in [1.54, 1.807) is 24.3 Å². The Hall–Kier alpha value is -3.02. The van der Waals surface area contributed by atoms with Crippen LogP contribution in [-0.2, 0) is 0 Å². The third-order valence-electron chi connectivity index (χ3n) is 3.61. The van der Waals surface area contributed by atoms with E-state index >= 15 is 0 Å². The van der Waals surface area contributed by atoms with Crippen LogP contribution in [0.15, 0.2) is 52.4 Å². The van der Waals surface area contributed by atoms with Crippen molar-refractivity contribution in [3.63, 3.8) is 0 Å². The highest BCUT2D eigenvalue weighted by Gasteiger charge is 2.17. The number of H-pyrrole nitrogens is 1. The van der Waals surface area contributed by atoms with E-state index in [0.29, 0.717) is 21.8 Å². The Balaban J connectivity index is 2.39. The minimum Gasteiger partial charge on any atom is -0.339 e. The van der Waals surface area contributed by atoms with Crippen LogP contribution in [0, 0.1) is 10.7 Å². The van der Waals surface area contributed by atoms with Gasteiger partial charge in [0.1, 0.15) is 11.5 Å². The first-order valence-electron chi connectivity index (χ1n) is 6.29. The molecule has 102 valence electrons. The lowest BCUT2D eigenvalue weighted by atomic mass is 10.2. The third kappa shape index (κ3) is 1.47. The van der Waals surface area contributed by atoms with E-state index in [-0.39, 0.29) is 16.9 Å². The topological polar surface area (TPSA) is 66.7 Å². The summed E-state index contributed by atoms with van der Waals surface area (Å²) in [6.07, 6.45) is 0. The van der Waals surface area contributed by atoms with E-state index < -0.39 is 5.82 Å². The number of nitrogens with one attached hydrogen (secondary N) is 1. The SMILES string of the molecule is O=Nc1c2cc(F)ccc2n2c(=O)c3ccccc3[nH]c12. The maximum Gasteiger partial charge on any atom is 0.266 e. The van der Waals surface area contributed by atoms with E-state index in [9.17, 15) is 14.1 Å². The molecule has 21 heavy (non-hydrogen) atoms. The zero-order chi connectivity index (χ0) is 14.6. The maximum absolute atomic E-state index is 13.4. The average Bonchev–Trinajstić information content (AvgIpc) is 2.80. The highest BCUT2D eigenvalue weighted by atomic mass is 19.1. The van der Waals surface area contributed by atoms with Crippen LogP contribution in [0.2, 0.25) is 0 Å². The quantitative estimate of drug-likeness (QED) is 0.543. The second-order valence-corrected chi connectivity index (χ2v) is 4.76. The van der Waals surface area contributed by atoms with Crippen molar-refractivity contribution in [2.75, 3.05) is 0 Å². The van der Waals surface area contributed by atoms with Crippen LogP contribution in [0.5, 0.6) is 0 Å². The number of rotatable bonds is 1. The first-order chi connectivity index (χ1) is 10.2. The second kappa shape index (κ2) is 3.99. The van der Waals surface area contributed by atoms with Crippen molar-refractivity contribution in [1.82, 2.24) is 9.38 Å². The van der Waals surface area contributed by atoms with E-state index in [1.165, 1.54) is 22.6 Å². The molecule has 0 aliphatic carbocycles. The van der Waals surface area contributed by atoms with Gasteiger partial charge in [-0.15, -0.1) is 4.91 Å². The van der Waals surface area contributed by atoms with E-state index in [0.717, 1.165) is 0 Å². The molecule has 0 amide bonds. The van der Waals surface area contributed by atoms with Gasteiger partial charge in [-0.25, -0.2) is 4.39 Å². The van der Waals surface area contributed by atoms with E-state index in [4.69, 9.17) is 0 Å². The molecule has 5 nitrogen and oxygen atoms in total. The fraction of sp³-hybridized carbons (Fsp3) is 0. The molecule has 0 saturated heterocycles. The van der Waals surface area contributed by atoms with Crippen LogP contribution >= 0.6 is 0 Å². The summed E-state index contributed by atoms with van der Waals surface area (Å²) in [6.45, 7) is 0. The number of para-hydroxylation sites is 1. The molecule has 0 aliphatic rings. The number of hydrogen-bond donors (Lipinski definition) is 1. The lowest BCUT2D eigenvalue weighted by molar-refractivity contribution is 0.629. The predicted molar refractivity (Wildman–Crippen MR) is 78.4 cm³/mol. The smallest absolute Gasteiger partial charge is 0.266 e. The van der Waals surface area contributed by atoms with Gasteiger partial charge in [-0.3, -0.25) is 9.20 Å². The summed E-state index contributed by atoms with van der Waals surface area (Å²) < 4.78 is 14.8. The number of aromatic nitrogens is 2. The lowest BCUT2D eigenvalue weighted by Crippen LogP contribution is -2.13. The van der Waals surface area contributed by atoms with Crippen molar-refractivity contribution in [2.45, 2.75) is 0 Å². The number of nitrogens with zero attached hydrogens (tertiary/aromatic N) is 2. The molecule has 4 rings (SSSR count). The number of nitroso groups, excluding NO2 is 1. The number of benzene rings is 2. The predicted octanol–water partition coefficient (Wildman–Crippen LogP) is 3.47. The van der Waals surface area contributed by atoms with Gasteiger partial charge < -0.3 is 4.98 Å². The van der Waals surface area contributed by atoms with Gasteiger partial charge in [0.15, 0.2) is 5.69 Å². The molecule has 0 saturated carbocycles. The van der Waals surface area contributed by atoms with Crippen molar-refractivity contribution in [1.29, 1.82) is 0 Å². The highest BCUT2D eigenvalue weighted by Crippen LogP contribution is 2.32. The molecule has 2 aromatic heterocycles. The van der Waals surface area contributed by atoms with Crippen molar-refractivity contribution in [3.05, 3.63) is 63.5 Å².